The van der Waals surface area contributed by atoms with Crippen molar-refractivity contribution in [2.75, 3.05) is 19.6 Å². The number of hydrogen-bond acceptors (Lipinski definition) is 4. The van der Waals surface area contributed by atoms with Crippen LogP contribution in [0.15, 0.2) is 41.2 Å². The number of carboxylic acids is 1. The minimum absolute atomic E-state index is 0.133. The van der Waals surface area contributed by atoms with Gasteiger partial charge in [0.1, 0.15) is 5.82 Å². The minimum atomic E-state index is -0.643. The predicted octanol–water partition coefficient (Wildman–Crippen LogP) is 4.97. The highest BCUT2D eigenvalue weighted by Gasteiger charge is 2.39. The Labute approximate surface area is 209 Å². The fourth-order valence-corrected chi connectivity index (χ4v) is 6.68. The summed E-state index contributed by atoms with van der Waals surface area (Å²) >= 11 is 6.42. The van der Waals surface area contributed by atoms with Gasteiger partial charge in [0.15, 0.2) is 0 Å². The molecule has 6 nitrogen and oxygen atoms in total. The molecule has 0 atom stereocenters. The van der Waals surface area contributed by atoms with Crippen LogP contribution in [0, 0.1) is 11.8 Å². The monoisotopic (exact) mass is 491 g/mol. The number of carbonyl (C=O) groups is 1. The standard InChI is InChI=1S/C28H30ClN3O3/c1-28(2)20-7-6-18(17-8-10-31(11-9-17)15-16-12-19(13-16)26(34)35)14-23(20)32-22-5-3-4-21(29)24(22)25(33)30-27(28)32/h3-7,14,16-17,19H,8-13,15H2,1-2H3,(H,34,35). The maximum Gasteiger partial charge on any atom is 0.306 e. The van der Waals surface area contributed by atoms with Crippen LogP contribution in [0.1, 0.15) is 62.4 Å². The number of carboxylic acid groups (broad SMARTS) is 1. The fraction of sp³-hybridized carbons (Fsp3) is 0.464. The lowest BCUT2D eigenvalue weighted by molar-refractivity contribution is -0.146. The number of fused-ring (bicyclic) bond motifs is 5. The first-order valence-corrected chi connectivity index (χ1v) is 12.9. The van der Waals surface area contributed by atoms with Crippen LogP contribution in [-0.2, 0) is 10.2 Å². The van der Waals surface area contributed by atoms with Gasteiger partial charge in [-0.25, -0.2) is 0 Å². The molecule has 2 aromatic carbocycles. The molecule has 1 N–H and O–H groups in total. The summed E-state index contributed by atoms with van der Waals surface area (Å²) in [5.41, 5.74) is 3.77. The lowest BCUT2D eigenvalue weighted by atomic mass is 9.74. The predicted molar refractivity (Wildman–Crippen MR) is 137 cm³/mol. The van der Waals surface area contributed by atoms with Crippen LogP contribution < -0.4 is 5.56 Å². The molecule has 1 aromatic heterocycles. The molecule has 1 saturated heterocycles. The highest BCUT2D eigenvalue weighted by atomic mass is 35.5. The summed E-state index contributed by atoms with van der Waals surface area (Å²) in [6, 6.07) is 12.4. The van der Waals surface area contributed by atoms with E-state index < -0.39 is 5.97 Å². The smallest absolute Gasteiger partial charge is 0.306 e. The molecule has 7 heteroatoms. The van der Waals surface area contributed by atoms with E-state index in [0.717, 1.165) is 62.3 Å². The number of hydrogen-bond donors (Lipinski definition) is 1. The second-order valence-electron chi connectivity index (χ2n) is 11.1. The number of piperidine rings is 1. The van der Waals surface area contributed by atoms with Gasteiger partial charge >= 0.3 is 5.97 Å². The number of rotatable bonds is 4. The maximum atomic E-state index is 12.9. The summed E-state index contributed by atoms with van der Waals surface area (Å²) in [7, 11) is 0. The van der Waals surface area contributed by atoms with E-state index in [1.54, 1.807) is 6.07 Å². The lowest BCUT2D eigenvalue weighted by Crippen LogP contribution is -2.42. The van der Waals surface area contributed by atoms with Gasteiger partial charge in [0.2, 0.25) is 0 Å². The van der Waals surface area contributed by atoms with Gasteiger partial charge in [-0.3, -0.25) is 14.2 Å². The first-order chi connectivity index (χ1) is 16.7. The molecule has 0 radical (unpaired) electrons. The van der Waals surface area contributed by atoms with E-state index in [9.17, 15) is 9.59 Å². The Balaban J connectivity index is 1.27. The van der Waals surface area contributed by atoms with Crippen LogP contribution in [-0.4, -0.2) is 45.2 Å². The molecular formula is C28H30ClN3O3. The Morgan fingerprint density at radius 2 is 1.91 bits per heavy atom. The van der Waals surface area contributed by atoms with E-state index in [1.807, 2.05) is 12.1 Å². The number of benzene rings is 2. The number of likely N-dealkylation sites (tertiary alicyclic amines) is 1. The van der Waals surface area contributed by atoms with Crippen molar-refractivity contribution >= 4 is 28.5 Å². The summed E-state index contributed by atoms with van der Waals surface area (Å²) in [6.07, 6.45) is 3.84. The molecule has 2 aliphatic heterocycles. The van der Waals surface area contributed by atoms with E-state index in [4.69, 9.17) is 16.7 Å². The quantitative estimate of drug-likeness (QED) is 0.557. The van der Waals surface area contributed by atoms with E-state index in [0.29, 0.717) is 22.2 Å². The first-order valence-electron chi connectivity index (χ1n) is 12.6. The summed E-state index contributed by atoms with van der Waals surface area (Å²) in [4.78, 5) is 30.9. The molecule has 6 rings (SSSR count). The molecule has 0 bridgehead atoms. The zero-order chi connectivity index (χ0) is 24.5. The van der Waals surface area contributed by atoms with Crippen LogP contribution in [0.3, 0.4) is 0 Å². The number of aliphatic carboxylic acids is 1. The molecule has 3 aromatic rings. The van der Waals surface area contributed by atoms with Crippen LogP contribution in [0.5, 0.6) is 0 Å². The van der Waals surface area contributed by atoms with Crippen molar-refractivity contribution in [3.63, 3.8) is 0 Å². The third kappa shape index (κ3) is 3.61. The minimum Gasteiger partial charge on any atom is -0.481 e. The summed E-state index contributed by atoms with van der Waals surface area (Å²) < 4.78 is 2.13. The van der Waals surface area contributed by atoms with E-state index >= 15 is 0 Å². The van der Waals surface area contributed by atoms with Crippen LogP contribution in [0.2, 0.25) is 5.02 Å². The maximum absolute atomic E-state index is 12.9. The van der Waals surface area contributed by atoms with Crippen LogP contribution >= 0.6 is 11.6 Å². The van der Waals surface area contributed by atoms with Gasteiger partial charge in [-0.05, 0) is 93.8 Å². The van der Waals surface area contributed by atoms with Gasteiger partial charge in [0.25, 0.3) is 5.56 Å². The molecule has 0 spiro atoms. The van der Waals surface area contributed by atoms with Crippen molar-refractivity contribution in [3.05, 3.63) is 68.7 Å². The van der Waals surface area contributed by atoms with Crippen molar-refractivity contribution in [1.29, 1.82) is 0 Å². The van der Waals surface area contributed by atoms with Gasteiger partial charge in [-0.1, -0.05) is 29.8 Å². The topological polar surface area (TPSA) is 75.4 Å². The number of nitrogens with zero attached hydrogens (tertiary/aromatic N) is 3. The molecule has 3 heterocycles. The molecule has 1 aliphatic carbocycles. The van der Waals surface area contributed by atoms with Crippen molar-refractivity contribution in [3.8, 4) is 5.69 Å². The van der Waals surface area contributed by atoms with Crippen LogP contribution in [0.4, 0.5) is 0 Å². The zero-order valence-corrected chi connectivity index (χ0v) is 20.9. The van der Waals surface area contributed by atoms with Gasteiger partial charge in [0, 0.05) is 6.54 Å². The Kier molecular flexibility index (Phi) is 5.31. The fourth-order valence-electron chi connectivity index (χ4n) is 6.43. The second kappa shape index (κ2) is 8.17. The van der Waals surface area contributed by atoms with Gasteiger partial charge in [0.05, 0.1) is 32.9 Å². The van der Waals surface area contributed by atoms with E-state index in [-0.39, 0.29) is 16.9 Å². The number of aromatic nitrogens is 2. The molecule has 2 fully saturated rings. The Morgan fingerprint density at radius 3 is 2.63 bits per heavy atom. The third-order valence-electron chi connectivity index (χ3n) is 8.52. The van der Waals surface area contributed by atoms with Crippen molar-refractivity contribution in [2.45, 2.75) is 50.9 Å². The SMILES string of the molecule is CC1(C)c2ccc(C3CCN(CC4CC(C(=O)O)C4)CC3)cc2-n2c1nc(=O)c1c(Cl)cccc12. The van der Waals surface area contributed by atoms with Gasteiger partial charge < -0.3 is 10.0 Å². The largest absolute Gasteiger partial charge is 0.481 e. The van der Waals surface area contributed by atoms with Gasteiger partial charge in [-0.15, -0.1) is 0 Å². The van der Waals surface area contributed by atoms with E-state index in [1.165, 1.54) is 11.1 Å². The highest BCUT2D eigenvalue weighted by molar-refractivity contribution is 6.35. The molecule has 182 valence electrons. The lowest BCUT2D eigenvalue weighted by Gasteiger charge is -2.39. The van der Waals surface area contributed by atoms with Crippen molar-refractivity contribution in [1.82, 2.24) is 14.5 Å². The summed E-state index contributed by atoms with van der Waals surface area (Å²) in [6.45, 7) is 7.37. The second-order valence-corrected chi connectivity index (χ2v) is 11.5. The first kappa shape index (κ1) is 22.7. The van der Waals surface area contributed by atoms with Crippen molar-refractivity contribution < 1.29 is 9.90 Å². The van der Waals surface area contributed by atoms with Crippen LogP contribution in [0.25, 0.3) is 16.6 Å². The van der Waals surface area contributed by atoms with Gasteiger partial charge in [-0.2, -0.15) is 4.98 Å². The molecule has 1 saturated carbocycles. The average molecular weight is 492 g/mol. The highest BCUT2D eigenvalue weighted by Crippen LogP contribution is 2.45. The summed E-state index contributed by atoms with van der Waals surface area (Å²) in [5, 5.41) is 10.0. The Hall–Kier alpha value is -2.70. The Morgan fingerprint density at radius 1 is 1.17 bits per heavy atom. The molecule has 3 aliphatic rings. The normalized spacial score (nSPS) is 23.6. The molecular weight excluding hydrogens is 462 g/mol. The zero-order valence-electron chi connectivity index (χ0n) is 20.1. The molecule has 35 heavy (non-hydrogen) atoms. The summed E-state index contributed by atoms with van der Waals surface area (Å²) in [5.74, 6) is 1.00. The molecule has 0 amide bonds. The number of halogens is 1. The average Bonchev–Trinajstić information content (AvgIpc) is 3.02. The van der Waals surface area contributed by atoms with Crippen molar-refractivity contribution in [2.24, 2.45) is 11.8 Å². The third-order valence-corrected chi connectivity index (χ3v) is 8.84. The molecule has 0 unspecified atom stereocenters. The Bertz CT molecular complexity index is 1400. The van der Waals surface area contributed by atoms with E-state index in [2.05, 4.69) is 46.5 Å².